The first kappa shape index (κ1) is 13.1. The van der Waals surface area contributed by atoms with Crippen LogP contribution in [0.5, 0.6) is 0 Å². The number of aliphatic hydroxyl groups excluding tert-OH is 1. The molecule has 4 heteroatoms. The van der Waals surface area contributed by atoms with E-state index in [0.717, 1.165) is 6.07 Å². The predicted molar refractivity (Wildman–Crippen MR) is 59.1 cm³/mol. The summed E-state index contributed by atoms with van der Waals surface area (Å²) in [6, 6.07) is 3.24. The van der Waals surface area contributed by atoms with Gasteiger partial charge in [0.25, 0.3) is 0 Å². The lowest BCUT2D eigenvalue weighted by Crippen LogP contribution is -2.33. The van der Waals surface area contributed by atoms with Crippen molar-refractivity contribution in [2.75, 3.05) is 6.61 Å². The SMILES string of the molecule is CCC(N[C@@H](C)CO)c1ccc(F)cc1F. The van der Waals surface area contributed by atoms with Gasteiger partial charge in [0.1, 0.15) is 11.6 Å². The van der Waals surface area contributed by atoms with Gasteiger partial charge >= 0.3 is 0 Å². The molecule has 0 saturated carbocycles. The molecule has 0 heterocycles. The summed E-state index contributed by atoms with van der Waals surface area (Å²) in [5.41, 5.74) is 0.434. The molecule has 1 aromatic carbocycles. The van der Waals surface area contributed by atoms with Crippen molar-refractivity contribution in [3.05, 3.63) is 35.4 Å². The molecule has 0 saturated heterocycles. The van der Waals surface area contributed by atoms with Crippen molar-refractivity contribution in [3.8, 4) is 0 Å². The second kappa shape index (κ2) is 5.92. The Morgan fingerprint density at radius 1 is 1.38 bits per heavy atom. The van der Waals surface area contributed by atoms with E-state index in [2.05, 4.69) is 5.32 Å². The topological polar surface area (TPSA) is 32.3 Å². The van der Waals surface area contributed by atoms with Gasteiger partial charge < -0.3 is 10.4 Å². The van der Waals surface area contributed by atoms with Crippen LogP contribution >= 0.6 is 0 Å². The average molecular weight is 229 g/mol. The molecule has 0 bridgehead atoms. The molecular weight excluding hydrogens is 212 g/mol. The molecule has 0 aliphatic carbocycles. The summed E-state index contributed by atoms with van der Waals surface area (Å²) in [6.45, 7) is 3.70. The van der Waals surface area contributed by atoms with Crippen molar-refractivity contribution >= 4 is 0 Å². The van der Waals surface area contributed by atoms with Crippen LogP contribution in [0.15, 0.2) is 18.2 Å². The Kier molecular flexibility index (Phi) is 4.83. The fourth-order valence-corrected chi connectivity index (χ4v) is 1.61. The summed E-state index contributed by atoms with van der Waals surface area (Å²) in [5, 5.41) is 12.0. The maximum absolute atomic E-state index is 13.5. The standard InChI is InChI=1S/C12H17F2NO/c1-3-12(15-8(2)7-16)10-5-4-9(13)6-11(10)14/h4-6,8,12,15-16H,3,7H2,1-2H3/t8-,12?/m0/s1. The summed E-state index contributed by atoms with van der Waals surface area (Å²) in [6.07, 6.45) is 0.674. The lowest BCUT2D eigenvalue weighted by molar-refractivity contribution is 0.238. The minimum absolute atomic E-state index is 0.0146. The normalized spacial score (nSPS) is 14.8. The van der Waals surface area contributed by atoms with Crippen LogP contribution in [0.3, 0.4) is 0 Å². The molecule has 2 N–H and O–H groups in total. The monoisotopic (exact) mass is 229 g/mol. The van der Waals surface area contributed by atoms with E-state index in [0.29, 0.717) is 12.0 Å². The van der Waals surface area contributed by atoms with E-state index in [-0.39, 0.29) is 18.7 Å². The van der Waals surface area contributed by atoms with Crippen molar-refractivity contribution in [1.82, 2.24) is 5.32 Å². The minimum atomic E-state index is -0.577. The molecule has 1 aromatic rings. The van der Waals surface area contributed by atoms with Gasteiger partial charge in [-0.15, -0.1) is 0 Å². The van der Waals surface area contributed by atoms with Crippen LogP contribution in [0.2, 0.25) is 0 Å². The second-order valence-corrected chi connectivity index (χ2v) is 3.88. The third kappa shape index (κ3) is 3.25. The Morgan fingerprint density at radius 3 is 2.56 bits per heavy atom. The fourth-order valence-electron chi connectivity index (χ4n) is 1.61. The molecular formula is C12H17F2NO. The molecule has 0 fully saturated rings. The van der Waals surface area contributed by atoms with Gasteiger partial charge in [-0.25, -0.2) is 8.78 Å². The van der Waals surface area contributed by atoms with E-state index in [4.69, 9.17) is 5.11 Å². The highest BCUT2D eigenvalue weighted by atomic mass is 19.1. The van der Waals surface area contributed by atoms with Gasteiger partial charge in [0.2, 0.25) is 0 Å². The van der Waals surface area contributed by atoms with Crippen LogP contribution in [0.4, 0.5) is 8.78 Å². The largest absolute Gasteiger partial charge is 0.395 e. The molecule has 1 unspecified atom stereocenters. The van der Waals surface area contributed by atoms with Gasteiger partial charge in [-0.3, -0.25) is 0 Å². The van der Waals surface area contributed by atoms with Crippen molar-refractivity contribution in [3.63, 3.8) is 0 Å². The number of aliphatic hydroxyl groups is 1. The van der Waals surface area contributed by atoms with E-state index < -0.39 is 11.6 Å². The number of halogens is 2. The quantitative estimate of drug-likeness (QED) is 0.812. The van der Waals surface area contributed by atoms with Gasteiger partial charge in [0, 0.05) is 23.7 Å². The van der Waals surface area contributed by atoms with Gasteiger partial charge in [-0.2, -0.15) is 0 Å². The number of benzene rings is 1. The molecule has 0 aliphatic rings. The lowest BCUT2D eigenvalue weighted by atomic mass is 10.0. The van der Waals surface area contributed by atoms with Crippen LogP contribution in [0.1, 0.15) is 31.9 Å². The Hall–Kier alpha value is -1.00. The highest BCUT2D eigenvalue weighted by Crippen LogP contribution is 2.21. The summed E-state index contributed by atoms with van der Waals surface area (Å²) in [5.74, 6) is -1.13. The van der Waals surface area contributed by atoms with E-state index in [9.17, 15) is 8.78 Å². The van der Waals surface area contributed by atoms with Crippen molar-refractivity contribution < 1.29 is 13.9 Å². The van der Waals surface area contributed by atoms with Gasteiger partial charge in [-0.05, 0) is 19.4 Å². The molecule has 2 atom stereocenters. The average Bonchev–Trinajstić information content (AvgIpc) is 2.26. The maximum atomic E-state index is 13.5. The van der Waals surface area contributed by atoms with Crippen molar-refractivity contribution in [2.45, 2.75) is 32.4 Å². The van der Waals surface area contributed by atoms with E-state index in [1.807, 2.05) is 13.8 Å². The first-order valence-corrected chi connectivity index (χ1v) is 5.40. The zero-order valence-corrected chi connectivity index (χ0v) is 9.50. The highest BCUT2D eigenvalue weighted by molar-refractivity contribution is 5.22. The molecule has 0 aliphatic heterocycles. The molecule has 2 nitrogen and oxygen atoms in total. The molecule has 0 amide bonds. The van der Waals surface area contributed by atoms with Crippen LogP contribution in [0, 0.1) is 11.6 Å². The van der Waals surface area contributed by atoms with E-state index in [1.165, 1.54) is 12.1 Å². The van der Waals surface area contributed by atoms with Crippen molar-refractivity contribution in [2.24, 2.45) is 0 Å². The summed E-state index contributed by atoms with van der Waals surface area (Å²) in [4.78, 5) is 0. The highest BCUT2D eigenvalue weighted by Gasteiger charge is 2.16. The first-order chi connectivity index (χ1) is 7.58. The smallest absolute Gasteiger partial charge is 0.130 e. The van der Waals surface area contributed by atoms with Gasteiger partial charge in [-0.1, -0.05) is 13.0 Å². The number of hydrogen-bond donors (Lipinski definition) is 2. The van der Waals surface area contributed by atoms with Gasteiger partial charge in [0.05, 0.1) is 6.61 Å². The van der Waals surface area contributed by atoms with Crippen LogP contribution in [0.25, 0.3) is 0 Å². The van der Waals surface area contributed by atoms with Crippen LogP contribution < -0.4 is 5.32 Å². The molecule has 0 aromatic heterocycles. The van der Waals surface area contributed by atoms with Crippen LogP contribution in [-0.2, 0) is 0 Å². The Labute approximate surface area is 94.3 Å². The van der Waals surface area contributed by atoms with E-state index in [1.54, 1.807) is 0 Å². The first-order valence-electron chi connectivity index (χ1n) is 5.40. The Morgan fingerprint density at radius 2 is 2.06 bits per heavy atom. The van der Waals surface area contributed by atoms with Crippen molar-refractivity contribution in [1.29, 1.82) is 0 Å². The molecule has 16 heavy (non-hydrogen) atoms. The Bertz CT molecular complexity index is 344. The summed E-state index contributed by atoms with van der Waals surface area (Å²) >= 11 is 0. The zero-order chi connectivity index (χ0) is 12.1. The van der Waals surface area contributed by atoms with Crippen LogP contribution in [-0.4, -0.2) is 17.8 Å². The lowest BCUT2D eigenvalue weighted by Gasteiger charge is -2.21. The number of nitrogens with one attached hydrogen (secondary N) is 1. The predicted octanol–water partition coefficient (Wildman–Crippen LogP) is 2.39. The summed E-state index contributed by atoms with van der Waals surface area (Å²) < 4.78 is 26.2. The molecule has 0 spiro atoms. The Balaban J connectivity index is 2.86. The third-order valence-corrected chi connectivity index (χ3v) is 2.51. The number of hydrogen-bond acceptors (Lipinski definition) is 2. The third-order valence-electron chi connectivity index (χ3n) is 2.51. The maximum Gasteiger partial charge on any atom is 0.130 e. The van der Waals surface area contributed by atoms with E-state index >= 15 is 0 Å². The molecule has 1 rings (SSSR count). The van der Waals surface area contributed by atoms with Gasteiger partial charge in [0.15, 0.2) is 0 Å². The zero-order valence-electron chi connectivity index (χ0n) is 9.50. The number of rotatable bonds is 5. The molecule has 90 valence electrons. The molecule has 0 radical (unpaired) electrons. The second-order valence-electron chi connectivity index (χ2n) is 3.88. The summed E-state index contributed by atoms with van der Waals surface area (Å²) in [7, 11) is 0. The minimum Gasteiger partial charge on any atom is -0.395 e. The fraction of sp³-hybridized carbons (Fsp3) is 0.500.